The second-order valence-corrected chi connectivity index (χ2v) is 6.71. The van der Waals surface area contributed by atoms with Crippen molar-refractivity contribution in [3.05, 3.63) is 83.6 Å². The zero-order valence-corrected chi connectivity index (χ0v) is 16.2. The minimum Gasteiger partial charge on any atom is -0.479 e. The third-order valence-corrected chi connectivity index (χ3v) is 4.58. The van der Waals surface area contributed by atoms with Gasteiger partial charge in [0.05, 0.1) is 17.3 Å². The van der Waals surface area contributed by atoms with Crippen LogP contribution in [0, 0.1) is 0 Å². The molecular formula is C22H19N3O6. The fraction of sp³-hybridized carbons (Fsp3) is 0.136. The maximum atomic E-state index is 12.6. The van der Waals surface area contributed by atoms with Crippen molar-refractivity contribution in [3.8, 4) is 11.3 Å². The summed E-state index contributed by atoms with van der Waals surface area (Å²) in [4.78, 5) is 35.2. The van der Waals surface area contributed by atoms with Gasteiger partial charge in [0.2, 0.25) is 0 Å². The number of amides is 1. The number of carboxylic acid groups (broad SMARTS) is 2. The smallest absolute Gasteiger partial charge is 0.336 e. The molecule has 0 bridgehead atoms. The Morgan fingerprint density at radius 2 is 1.55 bits per heavy atom. The number of aliphatic hydroxyl groups is 1. The van der Waals surface area contributed by atoms with Crippen molar-refractivity contribution in [1.29, 1.82) is 0 Å². The van der Waals surface area contributed by atoms with Crippen LogP contribution in [0.25, 0.3) is 11.3 Å². The Kier molecular flexibility index (Phi) is 6.68. The molecule has 1 aromatic heterocycles. The molecule has 0 aliphatic heterocycles. The molecule has 2 atom stereocenters. The first-order chi connectivity index (χ1) is 14.9. The number of nitrogens with zero attached hydrogens (tertiary/aromatic N) is 2. The quantitative estimate of drug-likeness (QED) is 0.429. The Labute approximate surface area is 177 Å². The lowest BCUT2D eigenvalue weighted by molar-refractivity contribution is -0.148. The lowest BCUT2D eigenvalue weighted by atomic mass is 10.0. The summed E-state index contributed by atoms with van der Waals surface area (Å²) in [7, 11) is 0. The summed E-state index contributed by atoms with van der Waals surface area (Å²) in [5.74, 6) is -3.30. The van der Waals surface area contributed by atoms with Crippen LogP contribution in [-0.2, 0) is 11.2 Å². The van der Waals surface area contributed by atoms with Gasteiger partial charge in [-0.3, -0.25) is 4.79 Å². The molecule has 0 radical (unpaired) electrons. The first-order valence-electron chi connectivity index (χ1n) is 9.29. The van der Waals surface area contributed by atoms with E-state index in [0.29, 0.717) is 5.56 Å². The predicted octanol–water partition coefficient (Wildman–Crippen LogP) is 1.63. The molecule has 1 heterocycles. The van der Waals surface area contributed by atoms with E-state index in [1.807, 2.05) is 0 Å². The first-order valence-corrected chi connectivity index (χ1v) is 9.29. The molecule has 9 heteroatoms. The molecule has 31 heavy (non-hydrogen) atoms. The topological polar surface area (TPSA) is 150 Å². The zero-order chi connectivity index (χ0) is 22.4. The molecule has 0 fully saturated rings. The third-order valence-electron chi connectivity index (χ3n) is 4.58. The first kappa shape index (κ1) is 21.6. The van der Waals surface area contributed by atoms with Gasteiger partial charge in [-0.25, -0.2) is 9.59 Å². The number of carboxylic acids is 2. The van der Waals surface area contributed by atoms with Crippen LogP contribution >= 0.6 is 0 Å². The molecule has 2 unspecified atom stereocenters. The van der Waals surface area contributed by atoms with E-state index in [9.17, 15) is 24.6 Å². The highest BCUT2D eigenvalue weighted by Gasteiger charge is 2.28. The SMILES string of the molecule is O=C(NC(Cc1ccccc1)C(O)C(=O)O)c1ccc(-c2ccccc2C(=O)O)nn1. The van der Waals surface area contributed by atoms with Gasteiger partial charge in [-0.1, -0.05) is 48.5 Å². The Morgan fingerprint density at radius 3 is 2.16 bits per heavy atom. The summed E-state index contributed by atoms with van der Waals surface area (Å²) in [6.07, 6.45) is -1.73. The average molecular weight is 421 g/mol. The number of carbonyl (C=O) groups is 3. The molecule has 0 saturated carbocycles. The molecule has 0 saturated heterocycles. The van der Waals surface area contributed by atoms with E-state index >= 15 is 0 Å². The van der Waals surface area contributed by atoms with Gasteiger partial charge in [-0.15, -0.1) is 10.2 Å². The van der Waals surface area contributed by atoms with E-state index in [1.54, 1.807) is 48.5 Å². The molecule has 1 amide bonds. The van der Waals surface area contributed by atoms with Gasteiger partial charge in [-0.05, 0) is 30.2 Å². The number of rotatable bonds is 8. The Balaban J connectivity index is 1.79. The van der Waals surface area contributed by atoms with Crippen LogP contribution in [0.15, 0.2) is 66.7 Å². The number of benzene rings is 2. The molecule has 4 N–H and O–H groups in total. The van der Waals surface area contributed by atoms with E-state index < -0.39 is 30.0 Å². The monoisotopic (exact) mass is 421 g/mol. The van der Waals surface area contributed by atoms with Gasteiger partial charge >= 0.3 is 11.9 Å². The van der Waals surface area contributed by atoms with Crippen LogP contribution in [0.4, 0.5) is 0 Å². The van der Waals surface area contributed by atoms with Crippen molar-refractivity contribution < 1.29 is 29.7 Å². The minimum atomic E-state index is -1.82. The lowest BCUT2D eigenvalue weighted by Gasteiger charge is -2.21. The number of aromatic carboxylic acids is 1. The van der Waals surface area contributed by atoms with Crippen molar-refractivity contribution >= 4 is 17.8 Å². The second kappa shape index (κ2) is 9.59. The van der Waals surface area contributed by atoms with Crippen LogP contribution in [0.1, 0.15) is 26.4 Å². The summed E-state index contributed by atoms with van der Waals surface area (Å²) in [5.41, 5.74) is 1.28. The highest BCUT2D eigenvalue weighted by molar-refractivity contribution is 5.96. The summed E-state index contributed by atoms with van der Waals surface area (Å²) >= 11 is 0. The van der Waals surface area contributed by atoms with Gasteiger partial charge in [-0.2, -0.15) is 0 Å². The summed E-state index contributed by atoms with van der Waals surface area (Å²) in [5, 5.41) is 38.7. The number of carbonyl (C=O) groups excluding carboxylic acids is 1. The predicted molar refractivity (Wildman–Crippen MR) is 109 cm³/mol. The third kappa shape index (κ3) is 5.28. The second-order valence-electron chi connectivity index (χ2n) is 6.71. The van der Waals surface area contributed by atoms with Crippen molar-refractivity contribution in [1.82, 2.24) is 15.5 Å². The van der Waals surface area contributed by atoms with Crippen LogP contribution in [0.5, 0.6) is 0 Å². The average Bonchev–Trinajstić information content (AvgIpc) is 2.78. The molecule has 3 rings (SSSR count). The number of aliphatic carboxylic acids is 1. The highest BCUT2D eigenvalue weighted by Crippen LogP contribution is 2.21. The van der Waals surface area contributed by atoms with E-state index in [0.717, 1.165) is 5.56 Å². The van der Waals surface area contributed by atoms with Crippen LogP contribution in [0.2, 0.25) is 0 Å². The van der Waals surface area contributed by atoms with E-state index in [4.69, 9.17) is 5.11 Å². The van der Waals surface area contributed by atoms with E-state index in [-0.39, 0.29) is 23.4 Å². The molecular weight excluding hydrogens is 402 g/mol. The maximum absolute atomic E-state index is 12.6. The summed E-state index contributed by atoms with van der Waals surface area (Å²) in [6, 6.07) is 16.8. The van der Waals surface area contributed by atoms with Crippen molar-refractivity contribution in [2.45, 2.75) is 18.6 Å². The lowest BCUT2D eigenvalue weighted by Crippen LogP contribution is -2.48. The van der Waals surface area contributed by atoms with Crippen molar-refractivity contribution in [3.63, 3.8) is 0 Å². The number of aliphatic hydroxyl groups excluding tert-OH is 1. The summed E-state index contributed by atoms with van der Waals surface area (Å²) < 4.78 is 0. The maximum Gasteiger partial charge on any atom is 0.336 e. The minimum absolute atomic E-state index is 0.0431. The Hall–Kier alpha value is -4.11. The molecule has 2 aromatic carbocycles. The molecule has 0 spiro atoms. The Bertz CT molecular complexity index is 1090. The fourth-order valence-electron chi connectivity index (χ4n) is 3.01. The number of aromatic nitrogens is 2. The molecule has 158 valence electrons. The largest absolute Gasteiger partial charge is 0.479 e. The number of hydrogen-bond acceptors (Lipinski definition) is 6. The van der Waals surface area contributed by atoms with Gasteiger partial charge in [0.1, 0.15) is 0 Å². The summed E-state index contributed by atoms with van der Waals surface area (Å²) in [6.45, 7) is 0. The molecule has 0 aliphatic carbocycles. The zero-order valence-electron chi connectivity index (χ0n) is 16.2. The van der Waals surface area contributed by atoms with Crippen molar-refractivity contribution in [2.24, 2.45) is 0 Å². The number of hydrogen-bond donors (Lipinski definition) is 4. The van der Waals surface area contributed by atoms with Gasteiger partial charge < -0.3 is 20.6 Å². The molecule has 0 aliphatic rings. The van der Waals surface area contributed by atoms with Crippen molar-refractivity contribution in [2.75, 3.05) is 0 Å². The van der Waals surface area contributed by atoms with Gasteiger partial charge in [0, 0.05) is 5.56 Å². The van der Waals surface area contributed by atoms with Crippen LogP contribution in [0.3, 0.4) is 0 Å². The fourth-order valence-corrected chi connectivity index (χ4v) is 3.01. The normalized spacial score (nSPS) is 12.5. The highest BCUT2D eigenvalue weighted by atomic mass is 16.4. The number of nitrogens with one attached hydrogen (secondary N) is 1. The molecule has 3 aromatic rings. The molecule has 9 nitrogen and oxygen atoms in total. The van der Waals surface area contributed by atoms with Crippen LogP contribution in [-0.4, -0.2) is 55.5 Å². The van der Waals surface area contributed by atoms with Gasteiger partial charge in [0.15, 0.2) is 11.8 Å². The standard InChI is InChI=1S/C22H19N3O6/c26-19(22(30)31)18(12-13-6-2-1-3-7-13)23-20(27)17-11-10-16(24-25-17)14-8-4-5-9-15(14)21(28)29/h1-11,18-19,26H,12H2,(H,23,27)(H,28,29)(H,30,31). The van der Waals surface area contributed by atoms with E-state index in [1.165, 1.54) is 18.2 Å². The van der Waals surface area contributed by atoms with Gasteiger partial charge in [0.25, 0.3) is 5.91 Å². The van der Waals surface area contributed by atoms with Crippen LogP contribution < -0.4 is 5.32 Å². The van der Waals surface area contributed by atoms with E-state index in [2.05, 4.69) is 15.5 Å². The Morgan fingerprint density at radius 1 is 0.871 bits per heavy atom.